The van der Waals surface area contributed by atoms with Crippen LogP contribution in [0.3, 0.4) is 0 Å². The number of para-hydroxylation sites is 1. The number of aromatic hydroxyl groups is 4. The van der Waals surface area contributed by atoms with Gasteiger partial charge in [0.2, 0.25) is 0 Å². The molecule has 0 fully saturated rings. The van der Waals surface area contributed by atoms with E-state index in [0.717, 1.165) is 22.3 Å². The molecule has 0 radical (unpaired) electrons. The first-order valence-corrected chi connectivity index (χ1v) is 11.1. The van der Waals surface area contributed by atoms with Crippen LogP contribution in [-0.4, -0.2) is 20.4 Å². The number of aryl methyl sites for hydroxylation is 4. The summed E-state index contributed by atoms with van der Waals surface area (Å²) < 4.78 is 12.0. The Morgan fingerprint density at radius 2 is 1.24 bits per heavy atom. The van der Waals surface area contributed by atoms with E-state index in [2.05, 4.69) is 0 Å². The van der Waals surface area contributed by atoms with E-state index in [1.54, 1.807) is 60.7 Å². The predicted octanol–water partition coefficient (Wildman–Crippen LogP) is 5.98. The maximum absolute atomic E-state index is 10.6. The molecule has 0 saturated carbocycles. The molecule has 4 aromatic carbocycles. The molecule has 4 bridgehead atoms. The second-order valence-corrected chi connectivity index (χ2v) is 8.37. The molecule has 0 unspecified atom stereocenters. The Kier molecular flexibility index (Phi) is 5.64. The van der Waals surface area contributed by atoms with Gasteiger partial charge >= 0.3 is 0 Å². The van der Waals surface area contributed by atoms with Gasteiger partial charge in [-0.2, -0.15) is 0 Å². The van der Waals surface area contributed by atoms with Crippen LogP contribution in [0.5, 0.6) is 46.0 Å². The van der Waals surface area contributed by atoms with E-state index in [1.807, 2.05) is 12.1 Å². The molecule has 0 aromatic heterocycles. The minimum Gasteiger partial charge on any atom is -0.508 e. The first-order valence-electron chi connectivity index (χ1n) is 11.1. The Balaban J connectivity index is 1.61. The number of hydrogen-bond acceptors (Lipinski definition) is 6. The Morgan fingerprint density at radius 3 is 2.06 bits per heavy atom. The van der Waals surface area contributed by atoms with Crippen molar-refractivity contribution in [3.63, 3.8) is 0 Å². The zero-order valence-electron chi connectivity index (χ0n) is 18.4. The van der Waals surface area contributed by atoms with Crippen molar-refractivity contribution >= 4 is 0 Å². The largest absolute Gasteiger partial charge is 0.508 e. The summed E-state index contributed by atoms with van der Waals surface area (Å²) in [6.45, 7) is 0. The predicted molar refractivity (Wildman–Crippen MR) is 127 cm³/mol. The highest BCUT2D eigenvalue weighted by molar-refractivity contribution is 5.52. The molecule has 0 aliphatic carbocycles. The van der Waals surface area contributed by atoms with Crippen LogP contribution in [0, 0.1) is 0 Å². The zero-order chi connectivity index (χ0) is 23.7. The average molecular weight is 456 g/mol. The second-order valence-electron chi connectivity index (χ2n) is 8.37. The van der Waals surface area contributed by atoms with Crippen molar-refractivity contribution in [1.82, 2.24) is 0 Å². The molecule has 6 heteroatoms. The molecule has 0 saturated heterocycles. The van der Waals surface area contributed by atoms with Crippen LogP contribution >= 0.6 is 0 Å². The van der Waals surface area contributed by atoms with Crippen LogP contribution in [0.2, 0.25) is 0 Å². The zero-order valence-corrected chi connectivity index (χ0v) is 18.4. The Hall–Kier alpha value is -4.32. The minimum atomic E-state index is -0.0301. The number of rotatable bonds is 0. The normalized spacial score (nSPS) is 13.2. The van der Waals surface area contributed by atoms with Gasteiger partial charge in [-0.3, -0.25) is 0 Å². The molecule has 0 atom stereocenters. The van der Waals surface area contributed by atoms with E-state index in [4.69, 9.17) is 9.47 Å². The molecule has 4 N–H and O–H groups in total. The van der Waals surface area contributed by atoms with Crippen molar-refractivity contribution in [1.29, 1.82) is 0 Å². The Labute approximate surface area is 196 Å². The fourth-order valence-corrected chi connectivity index (χ4v) is 4.13. The number of phenols is 4. The first-order chi connectivity index (χ1) is 16.5. The number of fused-ring (bicyclic) bond motifs is 4. The fourth-order valence-electron chi connectivity index (χ4n) is 4.13. The van der Waals surface area contributed by atoms with Gasteiger partial charge in [-0.05, 0) is 96.5 Å². The lowest BCUT2D eigenvalue weighted by Gasteiger charge is -2.16. The van der Waals surface area contributed by atoms with Crippen molar-refractivity contribution in [3.05, 3.63) is 95.1 Å². The molecule has 2 heterocycles. The molecule has 6 nitrogen and oxygen atoms in total. The van der Waals surface area contributed by atoms with E-state index in [-0.39, 0.29) is 34.5 Å². The van der Waals surface area contributed by atoms with Crippen LogP contribution < -0.4 is 9.47 Å². The number of ether oxygens (including phenoxy) is 2. The highest BCUT2D eigenvalue weighted by atomic mass is 16.5. The maximum atomic E-state index is 10.6. The molecular weight excluding hydrogens is 432 g/mol. The van der Waals surface area contributed by atoms with Gasteiger partial charge in [-0.15, -0.1) is 0 Å². The SMILES string of the molecule is Oc1ccc2c(c1)CCc1ccc(O)c(c1)Oc1ccc(cc1O)CCc1cccc(O)c1O2. The highest BCUT2D eigenvalue weighted by Crippen LogP contribution is 2.40. The highest BCUT2D eigenvalue weighted by Gasteiger charge is 2.16. The lowest BCUT2D eigenvalue weighted by atomic mass is 10.0. The van der Waals surface area contributed by atoms with Crippen LogP contribution in [0.1, 0.15) is 22.3 Å². The topological polar surface area (TPSA) is 99.4 Å². The summed E-state index contributed by atoms with van der Waals surface area (Å²) in [6.07, 6.45) is 2.28. The van der Waals surface area contributed by atoms with Crippen molar-refractivity contribution in [2.75, 3.05) is 0 Å². The van der Waals surface area contributed by atoms with Crippen LogP contribution in [0.25, 0.3) is 0 Å². The molecule has 6 rings (SSSR count). The second kappa shape index (κ2) is 8.90. The molecule has 0 spiro atoms. The van der Waals surface area contributed by atoms with Crippen LogP contribution in [-0.2, 0) is 25.7 Å². The smallest absolute Gasteiger partial charge is 0.172 e. The lowest BCUT2D eigenvalue weighted by molar-refractivity contribution is 0.384. The standard InChI is InChI=1S/C28H24O6/c29-21-10-13-25-20(16-21)9-5-18-6-11-22(30)27(15-18)33-26-12-7-17(14-24(26)32)4-8-19-2-1-3-23(31)28(19)34-25/h1-3,6-7,10-16,29-32H,4-5,8-9H2. The Bertz CT molecular complexity index is 1360. The van der Waals surface area contributed by atoms with Gasteiger partial charge < -0.3 is 29.9 Å². The van der Waals surface area contributed by atoms with Gasteiger partial charge in [-0.1, -0.05) is 24.3 Å². The van der Waals surface area contributed by atoms with E-state index in [1.165, 1.54) is 0 Å². The lowest BCUT2D eigenvalue weighted by Crippen LogP contribution is -1.99. The third-order valence-corrected chi connectivity index (χ3v) is 5.97. The van der Waals surface area contributed by atoms with E-state index in [9.17, 15) is 20.4 Å². The Morgan fingerprint density at radius 1 is 0.500 bits per heavy atom. The third-order valence-electron chi connectivity index (χ3n) is 5.97. The van der Waals surface area contributed by atoms with Gasteiger partial charge in [0.15, 0.2) is 34.5 Å². The fraction of sp³-hybridized carbons (Fsp3) is 0.143. The minimum absolute atomic E-state index is 0.0260. The van der Waals surface area contributed by atoms with Gasteiger partial charge in [0.1, 0.15) is 11.5 Å². The first kappa shape index (κ1) is 21.5. The van der Waals surface area contributed by atoms with Crippen LogP contribution in [0.4, 0.5) is 0 Å². The van der Waals surface area contributed by atoms with Crippen molar-refractivity contribution in [3.8, 4) is 46.0 Å². The van der Waals surface area contributed by atoms with Gasteiger partial charge in [0.05, 0.1) is 0 Å². The number of hydrogen-bond donors (Lipinski definition) is 4. The summed E-state index contributed by atoms with van der Waals surface area (Å²) in [6, 6.07) is 20.4. The maximum Gasteiger partial charge on any atom is 0.172 e. The van der Waals surface area contributed by atoms with E-state index >= 15 is 0 Å². The molecule has 34 heavy (non-hydrogen) atoms. The molecule has 2 aliphatic heterocycles. The van der Waals surface area contributed by atoms with E-state index < -0.39 is 0 Å². The summed E-state index contributed by atoms with van der Waals surface area (Å²) in [4.78, 5) is 0. The number of benzene rings is 4. The summed E-state index contributed by atoms with van der Waals surface area (Å²) in [5, 5.41) is 41.4. The van der Waals surface area contributed by atoms with Gasteiger partial charge in [-0.25, -0.2) is 0 Å². The summed E-state index contributed by atoms with van der Waals surface area (Å²) in [7, 11) is 0. The van der Waals surface area contributed by atoms with Gasteiger partial charge in [0, 0.05) is 0 Å². The molecule has 172 valence electrons. The summed E-state index contributed by atoms with van der Waals surface area (Å²) in [5.41, 5.74) is 3.37. The number of phenolic OH excluding ortho intramolecular Hbond substituents is 4. The molecule has 4 aromatic rings. The van der Waals surface area contributed by atoms with Crippen molar-refractivity contribution in [2.24, 2.45) is 0 Å². The quantitative estimate of drug-likeness (QED) is 0.260. The van der Waals surface area contributed by atoms with Crippen molar-refractivity contribution in [2.45, 2.75) is 25.7 Å². The molecular formula is C28H24O6. The van der Waals surface area contributed by atoms with E-state index in [0.29, 0.717) is 37.2 Å². The third kappa shape index (κ3) is 4.43. The molecule has 2 aliphatic rings. The summed E-state index contributed by atoms with van der Waals surface area (Å²) >= 11 is 0. The van der Waals surface area contributed by atoms with Crippen molar-refractivity contribution < 1.29 is 29.9 Å². The van der Waals surface area contributed by atoms with Crippen LogP contribution in [0.15, 0.2) is 72.8 Å². The average Bonchev–Trinajstić information content (AvgIpc) is 2.82. The monoisotopic (exact) mass is 456 g/mol. The summed E-state index contributed by atoms with van der Waals surface area (Å²) in [5.74, 6) is 1.50. The molecule has 0 amide bonds. The van der Waals surface area contributed by atoms with Gasteiger partial charge in [0.25, 0.3) is 0 Å².